The fourth-order valence-corrected chi connectivity index (χ4v) is 8.71. The smallest absolute Gasteiger partial charge is 0.307 e. The molecule has 0 fully saturated rings. The molecule has 0 spiro atoms. The van der Waals surface area contributed by atoms with E-state index in [9.17, 15) is 0 Å². The second-order valence-electron chi connectivity index (χ2n) is 12.0. The van der Waals surface area contributed by atoms with Gasteiger partial charge < -0.3 is 8.98 Å². The largest absolute Gasteiger partial charge is 0.422 e. The Morgan fingerprint density at radius 2 is 1.15 bits per heavy atom. The maximum absolute atomic E-state index is 6.79. The summed E-state index contributed by atoms with van der Waals surface area (Å²) in [7, 11) is 0. The molecule has 0 saturated heterocycles. The minimum atomic E-state index is 0.581. The normalized spacial score (nSPS) is 12.3. The molecule has 4 nitrogen and oxygen atoms in total. The molecule has 0 aliphatic rings. The second kappa shape index (κ2) is 8.84. The van der Waals surface area contributed by atoms with Crippen LogP contribution in [0, 0.1) is 0 Å². The molecule has 0 aliphatic carbocycles. The molecule has 0 unspecified atom stereocenters. The molecule has 4 heterocycles. The first-order valence-electron chi connectivity index (χ1n) is 15.5. The summed E-state index contributed by atoms with van der Waals surface area (Å²) in [5, 5.41) is 9.64. The van der Waals surface area contributed by atoms with Gasteiger partial charge in [-0.25, -0.2) is 0 Å². The summed E-state index contributed by atoms with van der Waals surface area (Å²) in [6, 6.07) is 50.6. The van der Waals surface area contributed by atoms with Crippen LogP contribution in [0.3, 0.4) is 0 Å². The third-order valence-corrected chi connectivity index (χ3v) is 10.7. The van der Waals surface area contributed by atoms with Gasteiger partial charge in [-0.3, -0.25) is 4.57 Å². The third kappa shape index (κ3) is 3.14. The van der Waals surface area contributed by atoms with Crippen molar-refractivity contribution in [2.24, 2.45) is 0 Å². The number of nitrogens with zero attached hydrogens (tertiary/aromatic N) is 3. The van der Waals surface area contributed by atoms with E-state index in [0.717, 1.165) is 33.2 Å². The Bertz CT molecular complexity index is 2990. The molecular weight excluding hydrogens is 583 g/mol. The van der Waals surface area contributed by atoms with Gasteiger partial charge in [0.05, 0.1) is 22.1 Å². The zero-order valence-electron chi connectivity index (χ0n) is 24.4. The van der Waals surface area contributed by atoms with E-state index in [-0.39, 0.29) is 0 Å². The van der Waals surface area contributed by atoms with Crippen molar-refractivity contribution in [3.63, 3.8) is 0 Å². The standard InChI is InChI=1S/C41H23N3OS/c1-2-10-26-24(9-1)17-20-35-38(26)30-23-25(43-32-14-6-3-11-27(32)28-12-4-7-15-33(28)43)18-21-34(30)44(35)41-42-31-19-22-37-39(40(31)45-41)29-13-5-8-16-36(29)46-37/h1-23H. The fraction of sp³-hybridized carbons (Fsp3) is 0. The molecule has 5 heteroatoms. The number of hydrogen-bond donors (Lipinski definition) is 0. The Balaban J connectivity index is 1.25. The van der Waals surface area contributed by atoms with Crippen LogP contribution in [0.1, 0.15) is 0 Å². The molecule has 0 atom stereocenters. The predicted molar refractivity (Wildman–Crippen MR) is 193 cm³/mol. The van der Waals surface area contributed by atoms with Crippen molar-refractivity contribution in [3.8, 4) is 11.7 Å². The minimum Gasteiger partial charge on any atom is -0.422 e. The Hall–Kier alpha value is -5.91. The average Bonchev–Trinajstić information content (AvgIpc) is 3.86. The first kappa shape index (κ1) is 24.4. The number of hydrogen-bond acceptors (Lipinski definition) is 3. The first-order chi connectivity index (χ1) is 22.8. The molecule has 7 aromatic carbocycles. The molecular formula is C41H23N3OS. The van der Waals surface area contributed by atoms with Crippen LogP contribution in [0.25, 0.3) is 97.4 Å². The third-order valence-electron chi connectivity index (χ3n) is 9.55. The van der Waals surface area contributed by atoms with E-state index in [4.69, 9.17) is 9.40 Å². The van der Waals surface area contributed by atoms with Gasteiger partial charge in [0.2, 0.25) is 0 Å². The van der Waals surface area contributed by atoms with Crippen molar-refractivity contribution in [2.45, 2.75) is 0 Å². The molecule has 11 aromatic rings. The highest BCUT2D eigenvalue weighted by Crippen LogP contribution is 2.42. The SMILES string of the molecule is c1ccc2c(c1)ccc1c2c2cc(-n3c4ccccc4c4ccccc43)ccc2n1-c1nc2ccc3sc4ccccc4c3c2o1. The van der Waals surface area contributed by atoms with Gasteiger partial charge in [-0.1, -0.05) is 84.9 Å². The fourth-order valence-electron chi connectivity index (χ4n) is 7.60. The maximum Gasteiger partial charge on any atom is 0.307 e. The van der Waals surface area contributed by atoms with Crippen LogP contribution in [-0.2, 0) is 0 Å². The van der Waals surface area contributed by atoms with Crippen molar-refractivity contribution in [1.29, 1.82) is 0 Å². The Morgan fingerprint density at radius 3 is 1.98 bits per heavy atom. The lowest BCUT2D eigenvalue weighted by Crippen LogP contribution is -1.95. The van der Waals surface area contributed by atoms with E-state index in [2.05, 4.69) is 149 Å². The number of thiophene rings is 1. The second-order valence-corrected chi connectivity index (χ2v) is 13.1. The zero-order chi connectivity index (χ0) is 29.9. The average molecular weight is 606 g/mol. The number of rotatable bonds is 2. The van der Waals surface area contributed by atoms with Crippen molar-refractivity contribution < 1.29 is 4.42 Å². The summed E-state index contributed by atoms with van der Waals surface area (Å²) in [6.07, 6.45) is 0. The van der Waals surface area contributed by atoms with E-state index in [0.29, 0.717) is 6.01 Å². The molecule has 0 radical (unpaired) electrons. The number of aromatic nitrogens is 3. The van der Waals surface area contributed by atoms with Crippen LogP contribution < -0.4 is 0 Å². The van der Waals surface area contributed by atoms with Gasteiger partial charge >= 0.3 is 6.01 Å². The lowest BCUT2D eigenvalue weighted by atomic mass is 10.0. The number of benzene rings is 7. The number of fused-ring (bicyclic) bond motifs is 13. The lowest BCUT2D eigenvalue weighted by Gasteiger charge is -2.09. The highest BCUT2D eigenvalue weighted by molar-refractivity contribution is 7.26. The summed E-state index contributed by atoms with van der Waals surface area (Å²) in [5.41, 5.74) is 7.36. The van der Waals surface area contributed by atoms with E-state index in [1.807, 2.05) is 0 Å². The quantitative estimate of drug-likeness (QED) is 0.196. The summed E-state index contributed by atoms with van der Waals surface area (Å²) in [4.78, 5) is 5.12. The van der Waals surface area contributed by atoms with Crippen LogP contribution in [-0.4, -0.2) is 14.1 Å². The summed E-state index contributed by atoms with van der Waals surface area (Å²) in [5.74, 6) is 0. The van der Waals surface area contributed by atoms with Gasteiger partial charge in [0.1, 0.15) is 5.52 Å². The lowest BCUT2D eigenvalue weighted by molar-refractivity contribution is 0.577. The summed E-state index contributed by atoms with van der Waals surface area (Å²) in [6.45, 7) is 0. The van der Waals surface area contributed by atoms with Crippen LogP contribution in [0.15, 0.2) is 144 Å². The van der Waals surface area contributed by atoms with Crippen molar-refractivity contribution in [3.05, 3.63) is 140 Å². The molecule has 0 amide bonds. The van der Waals surface area contributed by atoms with E-state index >= 15 is 0 Å². The van der Waals surface area contributed by atoms with E-state index in [1.165, 1.54) is 58.1 Å². The molecule has 46 heavy (non-hydrogen) atoms. The summed E-state index contributed by atoms with van der Waals surface area (Å²) >= 11 is 1.79. The van der Waals surface area contributed by atoms with Gasteiger partial charge in [-0.15, -0.1) is 11.3 Å². The van der Waals surface area contributed by atoms with Gasteiger partial charge in [0.25, 0.3) is 0 Å². The van der Waals surface area contributed by atoms with Gasteiger partial charge in [-0.2, -0.15) is 4.98 Å². The first-order valence-corrected chi connectivity index (χ1v) is 16.3. The van der Waals surface area contributed by atoms with Crippen LogP contribution in [0.5, 0.6) is 0 Å². The molecule has 0 bridgehead atoms. The molecule has 0 aliphatic heterocycles. The molecule has 0 saturated carbocycles. The molecule has 4 aromatic heterocycles. The Kier molecular flexibility index (Phi) is 4.69. The number of oxazole rings is 1. The molecule has 0 N–H and O–H groups in total. The highest BCUT2D eigenvalue weighted by Gasteiger charge is 2.22. The summed E-state index contributed by atoms with van der Waals surface area (Å²) < 4.78 is 13.8. The molecule has 11 rings (SSSR count). The van der Waals surface area contributed by atoms with Crippen LogP contribution in [0.4, 0.5) is 0 Å². The Morgan fingerprint density at radius 1 is 0.478 bits per heavy atom. The van der Waals surface area contributed by atoms with Crippen LogP contribution in [0.2, 0.25) is 0 Å². The molecule has 214 valence electrons. The van der Waals surface area contributed by atoms with Crippen LogP contribution >= 0.6 is 11.3 Å². The minimum absolute atomic E-state index is 0.581. The van der Waals surface area contributed by atoms with Crippen molar-refractivity contribution >= 4 is 97.0 Å². The maximum atomic E-state index is 6.79. The van der Waals surface area contributed by atoms with E-state index in [1.54, 1.807) is 11.3 Å². The zero-order valence-corrected chi connectivity index (χ0v) is 25.3. The van der Waals surface area contributed by atoms with Gasteiger partial charge in [-0.05, 0) is 65.4 Å². The Labute approximate surface area is 265 Å². The monoisotopic (exact) mass is 605 g/mol. The topological polar surface area (TPSA) is 35.9 Å². The van der Waals surface area contributed by atoms with Gasteiger partial charge in [0, 0.05) is 47.4 Å². The van der Waals surface area contributed by atoms with Crippen molar-refractivity contribution in [1.82, 2.24) is 14.1 Å². The van der Waals surface area contributed by atoms with Gasteiger partial charge in [0.15, 0.2) is 5.58 Å². The van der Waals surface area contributed by atoms with Crippen molar-refractivity contribution in [2.75, 3.05) is 0 Å². The highest BCUT2D eigenvalue weighted by atomic mass is 32.1. The number of para-hydroxylation sites is 2. The predicted octanol–water partition coefficient (Wildman–Crippen LogP) is 11.5. The van der Waals surface area contributed by atoms with E-state index < -0.39 is 0 Å².